The highest BCUT2D eigenvalue weighted by Gasteiger charge is 2.29. The van der Waals surface area contributed by atoms with Gasteiger partial charge in [-0.15, -0.1) is 0 Å². The summed E-state index contributed by atoms with van der Waals surface area (Å²) in [5.74, 6) is -1.20. The number of fused-ring (bicyclic) bond motifs is 1. The third kappa shape index (κ3) is 5.93. The van der Waals surface area contributed by atoms with E-state index in [1.807, 2.05) is 24.3 Å². The number of hydrogen-bond acceptors (Lipinski definition) is 4. The van der Waals surface area contributed by atoms with E-state index in [0.717, 1.165) is 61.8 Å². The van der Waals surface area contributed by atoms with Crippen molar-refractivity contribution in [2.45, 2.75) is 63.8 Å². The molecule has 0 aromatic heterocycles. The van der Waals surface area contributed by atoms with Gasteiger partial charge in [-0.1, -0.05) is 43.5 Å². The largest absolute Gasteiger partial charge is 0.480 e. The summed E-state index contributed by atoms with van der Waals surface area (Å²) >= 11 is 0. The molecule has 2 aromatic carbocycles. The Balaban J connectivity index is 1.46. The summed E-state index contributed by atoms with van der Waals surface area (Å²) in [5, 5.41) is 16.9. The predicted octanol–water partition coefficient (Wildman–Crippen LogP) is 3.74. The predicted molar refractivity (Wildman–Crippen MR) is 138 cm³/mol. The maximum Gasteiger partial charge on any atom is 0.323 e. The van der Waals surface area contributed by atoms with Crippen LogP contribution in [0, 0.1) is 5.41 Å². The molecule has 8 nitrogen and oxygen atoms in total. The van der Waals surface area contributed by atoms with E-state index < -0.39 is 5.97 Å². The van der Waals surface area contributed by atoms with Crippen LogP contribution in [-0.2, 0) is 22.4 Å². The number of carboxylic acid groups (broad SMARTS) is 1. The lowest BCUT2D eigenvalue weighted by molar-refractivity contribution is -0.138. The van der Waals surface area contributed by atoms with E-state index in [1.165, 1.54) is 4.90 Å². The fourth-order valence-electron chi connectivity index (χ4n) is 5.30. The summed E-state index contributed by atoms with van der Waals surface area (Å²) in [5.41, 5.74) is 9.44. The minimum Gasteiger partial charge on any atom is -0.480 e. The normalized spacial score (nSPS) is 15.7. The van der Waals surface area contributed by atoms with Crippen LogP contribution in [0.2, 0.25) is 0 Å². The number of aryl methyl sites for hydroxylation is 2. The Morgan fingerprint density at radius 2 is 1.69 bits per heavy atom. The van der Waals surface area contributed by atoms with E-state index in [0.29, 0.717) is 30.5 Å². The SMILES string of the molecule is N=C(N)c1ccc(CCC(=O)N2CCCc3cc(C(=O)N(CC(=O)O)C4CCCCC4)ccc32)cc1. The van der Waals surface area contributed by atoms with Crippen LogP contribution in [0.3, 0.4) is 0 Å². The number of nitrogens with two attached hydrogens (primary N) is 1. The van der Waals surface area contributed by atoms with Gasteiger partial charge < -0.3 is 20.6 Å². The van der Waals surface area contributed by atoms with Gasteiger partial charge in [-0.05, 0) is 61.4 Å². The summed E-state index contributed by atoms with van der Waals surface area (Å²) in [6, 6.07) is 12.7. The minimum atomic E-state index is -1.00. The second-order valence-electron chi connectivity index (χ2n) is 9.72. The number of rotatable bonds is 8. The van der Waals surface area contributed by atoms with E-state index in [9.17, 15) is 19.5 Å². The van der Waals surface area contributed by atoms with Crippen LogP contribution in [0.1, 0.15) is 72.0 Å². The van der Waals surface area contributed by atoms with Crippen LogP contribution in [0.5, 0.6) is 0 Å². The smallest absolute Gasteiger partial charge is 0.323 e. The monoisotopic (exact) mass is 490 g/mol. The van der Waals surface area contributed by atoms with Gasteiger partial charge >= 0.3 is 5.97 Å². The Hall–Kier alpha value is -3.68. The molecule has 0 atom stereocenters. The Kier molecular flexibility index (Phi) is 8.03. The molecule has 0 spiro atoms. The zero-order valence-electron chi connectivity index (χ0n) is 20.5. The maximum atomic E-state index is 13.4. The van der Waals surface area contributed by atoms with Crippen molar-refractivity contribution in [2.75, 3.05) is 18.0 Å². The number of carbonyl (C=O) groups excluding carboxylic acids is 2. The van der Waals surface area contributed by atoms with E-state index in [2.05, 4.69) is 0 Å². The molecule has 2 aromatic rings. The molecule has 4 N–H and O–H groups in total. The van der Waals surface area contributed by atoms with Crippen LogP contribution in [-0.4, -0.2) is 52.8 Å². The molecule has 0 saturated heterocycles. The lowest BCUT2D eigenvalue weighted by Gasteiger charge is -2.34. The molecule has 4 rings (SSSR count). The van der Waals surface area contributed by atoms with Crippen LogP contribution in [0.25, 0.3) is 0 Å². The minimum absolute atomic E-state index is 0.0187. The van der Waals surface area contributed by atoms with Gasteiger partial charge in [0.25, 0.3) is 5.91 Å². The van der Waals surface area contributed by atoms with E-state index in [-0.39, 0.29) is 30.2 Å². The fraction of sp³-hybridized carbons (Fsp3) is 0.429. The second kappa shape index (κ2) is 11.4. The third-order valence-corrected chi connectivity index (χ3v) is 7.22. The molecule has 36 heavy (non-hydrogen) atoms. The van der Waals surface area contributed by atoms with Crippen molar-refractivity contribution < 1.29 is 19.5 Å². The van der Waals surface area contributed by atoms with Crippen LogP contribution in [0.15, 0.2) is 42.5 Å². The Morgan fingerprint density at radius 3 is 2.36 bits per heavy atom. The Morgan fingerprint density at radius 1 is 1.00 bits per heavy atom. The lowest BCUT2D eigenvalue weighted by Crippen LogP contribution is -2.44. The molecular formula is C28H34N4O4. The molecule has 2 aliphatic rings. The van der Waals surface area contributed by atoms with E-state index >= 15 is 0 Å². The highest BCUT2D eigenvalue weighted by Crippen LogP contribution is 2.30. The summed E-state index contributed by atoms with van der Waals surface area (Å²) in [7, 11) is 0. The van der Waals surface area contributed by atoms with Gasteiger partial charge in [0.1, 0.15) is 12.4 Å². The van der Waals surface area contributed by atoms with Gasteiger partial charge in [0.15, 0.2) is 0 Å². The first-order valence-electron chi connectivity index (χ1n) is 12.7. The van der Waals surface area contributed by atoms with Crippen LogP contribution in [0.4, 0.5) is 5.69 Å². The molecule has 8 heteroatoms. The zero-order chi connectivity index (χ0) is 25.7. The second-order valence-corrected chi connectivity index (χ2v) is 9.72. The molecule has 2 amide bonds. The summed E-state index contributed by atoms with van der Waals surface area (Å²) in [4.78, 5) is 41.3. The lowest BCUT2D eigenvalue weighted by atomic mass is 9.93. The number of amidine groups is 1. The number of anilines is 1. The van der Waals surface area contributed by atoms with Crippen molar-refractivity contribution in [3.8, 4) is 0 Å². The number of nitrogens with zero attached hydrogens (tertiary/aromatic N) is 2. The third-order valence-electron chi connectivity index (χ3n) is 7.22. The fourth-order valence-corrected chi connectivity index (χ4v) is 5.30. The zero-order valence-corrected chi connectivity index (χ0v) is 20.5. The number of nitrogen functional groups attached to an aromatic ring is 1. The first kappa shape index (κ1) is 25.4. The molecular weight excluding hydrogens is 456 g/mol. The number of carboxylic acids is 1. The first-order valence-corrected chi connectivity index (χ1v) is 12.7. The van der Waals surface area contributed by atoms with Crippen molar-refractivity contribution >= 4 is 29.3 Å². The Bertz CT molecular complexity index is 1140. The topological polar surface area (TPSA) is 128 Å². The number of nitrogens with one attached hydrogen (secondary N) is 1. The molecule has 1 heterocycles. The van der Waals surface area contributed by atoms with Crippen molar-refractivity contribution in [3.05, 3.63) is 64.7 Å². The molecule has 0 unspecified atom stereocenters. The van der Waals surface area contributed by atoms with Gasteiger partial charge in [0, 0.05) is 35.8 Å². The molecule has 0 radical (unpaired) electrons. The average molecular weight is 491 g/mol. The van der Waals surface area contributed by atoms with Gasteiger partial charge in [-0.2, -0.15) is 0 Å². The highest BCUT2D eigenvalue weighted by atomic mass is 16.4. The van der Waals surface area contributed by atoms with Crippen molar-refractivity contribution in [1.29, 1.82) is 5.41 Å². The Labute approximate surface area is 211 Å². The summed E-state index contributed by atoms with van der Waals surface area (Å²) in [6.07, 6.45) is 7.34. The van der Waals surface area contributed by atoms with E-state index in [1.54, 1.807) is 23.1 Å². The average Bonchev–Trinajstić information content (AvgIpc) is 2.90. The summed E-state index contributed by atoms with van der Waals surface area (Å²) < 4.78 is 0. The summed E-state index contributed by atoms with van der Waals surface area (Å²) in [6.45, 7) is 0.341. The van der Waals surface area contributed by atoms with Gasteiger partial charge in [-0.25, -0.2) is 0 Å². The molecule has 190 valence electrons. The van der Waals surface area contributed by atoms with Crippen molar-refractivity contribution in [2.24, 2.45) is 5.73 Å². The quantitative estimate of drug-likeness (QED) is 0.384. The molecule has 1 aliphatic heterocycles. The highest BCUT2D eigenvalue weighted by molar-refractivity contribution is 5.99. The molecule has 1 saturated carbocycles. The molecule has 0 bridgehead atoms. The number of amides is 2. The van der Waals surface area contributed by atoms with Gasteiger partial charge in [0.2, 0.25) is 5.91 Å². The van der Waals surface area contributed by atoms with Gasteiger partial charge in [-0.3, -0.25) is 19.8 Å². The standard InChI is InChI=1S/C28H34N4O4/c29-27(30)20-11-8-19(9-12-20)10-15-25(33)31-16-4-5-21-17-22(13-14-24(21)31)28(36)32(18-26(34)35)23-6-2-1-3-7-23/h8-9,11-14,17,23H,1-7,10,15-16,18H2,(H3,29,30)(H,34,35). The van der Waals surface area contributed by atoms with Gasteiger partial charge in [0.05, 0.1) is 0 Å². The number of benzene rings is 2. The number of aliphatic carboxylic acids is 1. The van der Waals surface area contributed by atoms with Crippen LogP contribution >= 0.6 is 0 Å². The van der Waals surface area contributed by atoms with E-state index in [4.69, 9.17) is 11.1 Å². The number of hydrogen-bond donors (Lipinski definition) is 3. The maximum absolute atomic E-state index is 13.4. The van der Waals surface area contributed by atoms with Crippen molar-refractivity contribution in [3.63, 3.8) is 0 Å². The number of carbonyl (C=O) groups is 3. The molecule has 1 aliphatic carbocycles. The van der Waals surface area contributed by atoms with Crippen LogP contribution < -0.4 is 10.6 Å². The van der Waals surface area contributed by atoms with Crippen molar-refractivity contribution in [1.82, 2.24) is 4.90 Å². The molecule has 1 fully saturated rings. The first-order chi connectivity index (χ1) is 17.3.